The molecule has 0 bridgehead atoms. The van der Waals surface area contributed by atoms with Gasteiger partial charge >= 0.3 is 0 Å². The number of hydrogen-bond donors (Lipinski definition) is 0. The predicted molar refractivity (Wildman–Crippen MR) is 100 cm³/mol. The van der Waals surface area contributed by atoms with E-state index < -0.39 is 5.24 Å². The molecule has 0 N–H and O–H groups in total. The molecular weight excluding hydrogens is 338 g/mol. The Morgan fingerprint density at radius 1 is 1.16 bits per heavy atom. The normalized spacial score (nSPS) is 12.6. The van der Waals surface area contributed by atoms with Gasteiger partial charge in [0.05, 0.1) is 0 Å². The molecule has 2 aromatic rings. The van der Waals surface area contributed by atoms with E-state index in [0.717, 1.165) is 17.7 Å². The van der Waals surface area contributed by atoms with Crippen molar-refractivity contribution in [3.05, 3.63) is 65.2 Å². The third-order valence-electron chi connectivity index (χ3n) is 4.09. The Balaban J connectivity index is 2.29. The van der Waals surface area contributed by atoms with Gasteiger partial charge in [0.25, 0.3) is 5.24 Å². The lowest BCUT2D eigenvalue weighted by Crippen LogP contribution is -2.14. The maximum Gasteiger partial charge on any atom is 0.274 e. The van der Waals surface area contributed by atoms with E-state index >= 15 is 0 Å². The summed E-state index contributed by atoms with van der Waals surface area (Å²) in [4.78, 5) is 16.4. The molecule has 1 unspecified atom stereocenters. The van der Waals surface area contributed by atoms with Crippen molar-refractivity contribution >= 4 is 22.6 Å². The monoisotopic (exact) mass is 359 g/mol. The Morgan fingerprint density at radius 3 is 2.52 bits per heavy atom. The van der Waals surface area contributed by atoms with Crippen LogP contribution in [0, 0.1) is 0 Å². The van der Waals surface area contributed by atoms with E-state index in [1.807, 2.05) is 36.4 Å². The van der Waals surface area contributed by atoms with Crippen LogP contribution in [0.2, 0.25) is 0 Å². The second kappa shape index (κ2) is 9.23. The highest BCUT2D eigenvalue weighted by Crippen LogP contribution is 2.29. The van der Waals surface area contributed by atoms with E-state index in [9.17, 15) is 4.79 Å². The number of oxime groups is 1. The third kappa shape index (κ3) is 4.83. The summed E-state index contributed by atoms with van der Waals surface area (Å²) in [5, 5.41) is 3.08. The van der Waals surface area contributed by atoms with Crippen molar-refractivity contribution in [1.29, 1.82) is 0 Å². The van der Waals surface area contributed by atoms with E-state index in [1.54, 1.807) is 6.07 Å². The SMILES string of the molecule is CCC(C)c1ccccc1OCc1ccccc1/C(=N\OC)C(=O)Cl. The van der Waals surface area contributed by atoms with Gasteiger partial charge < -0.3 is 9.57 Å². The van der Waals surface area contributed by atoms with Gasteiger partial charge in [-0.3, -0.25) is 4.79 Å². The maximum atomic E-state index is 11.7. The van der Waals surface area contributed by atoms with Gasteiger partial charge in [0.1, 0.15) is 19.5 Å². The second-order valence-corrected chi connectivity index (χ2v) is 6.03. The Labute approximate surface area is 153 Å². The molecule has 0 spiro atoms. The molecule has 25 heavy (non-hydrogen) atoms. The van der Waals surface area contributed by atoms with Crippen LogP contribution < -0.4 is 4.74 Å². The number of nitrogens with zero attached hydrogens (tertiary/aromatic N) is 1. The largest absolute Gasteiger partial charge is 0.489 e. The number of halogens is 1. The number of ether oxygens (including phenoxy) is 1. The lowest BCUT2D eigenvalue weighted by molar-refractivity contribution is -0.106. The molecule has 132 valence electrons. The minimum absolute atomic E-state index is 0.0681. The zero-order chi connectivity index (χ0) is 18.2. The smallest absolute Gasteiger partial charge is 0.274 e. The van der Waals surface area contributed by atoms with Gasteiger partial charge in [0, 0.05) is 5.56 Å². The van der Waals surface area contributed by atoms with Crippen LogP contribution in [0.15, 0.2) is 53.7 Å². The summed E-state index contributed by atoms with van der Waals surface area (Å²) in [7, 11) is 1.38. The Hall–Kier alpha value is -2.33. The summed E-state index contributed by atoms with van der Waals surface area (Å²) in [6.45, 7) is 4.62. The fourth-order valence-corrected chi connectivity index (χ4v) is 2.69. The third-order valence-corrected chi connectivity index (χ3v) is 4.27. The van der Waals surface area contributed by atoms with Crippen LogP contribution in [0.25, 0.3) is 0 Å². The fraction of sp³-hybridized carbons (Fsp3) is 0.300. The van der Waals surface area contributed by atoms with Gasteiger partial charge in [-0.2, -0.15) is 0 Å². The molecule has 2 rings (SSSR count). The highest BCUT2D eigenvalue weighted by molar-refractivity contribution is 6.84. The average Bonchev–Trinajstić information content (AvgIpc) is 2.64. The Morgan fingerprint density at radius 2 is 1.84 bits per heavy atom. The lowest BCUT2D eigenvalue weighted by Gasteiger charge is -2.16. The van der Waals surface area contributed by atoms with E-state index in [4.69, 9.17) is 21.2 Å². The molecule has 0 fully saturated rings. The van der Waals surface area contributed by atoms with Crippen LogP contribution in [0.1, 0.15) is 42.9 Å². The van der Waals surface area contributed by atoms with Gasteiger partial charge in [-0.15, -0.1) is 0 Å². The van der Waals surface area contributed by atoms with Gasteiger partial charge in [0.2, 0.25) is 0 Å². The molecule has 0 radical (unpaired) electrons. The number of hydrogen-bond acceptors (Lipinski definition) is 4. The quantitative estimate of drug-likeness (QED) is 0.383. The fourth-order valence-electron chi connectivity index (χ4n) is 2.55. The van der Waals surface area contributed by atoms with Gasteiger partial charge in [-0.1, -0.05) is 61.5 Å². The van der Waals surface area contributed by atoms with Crippen LogP contribution in [-0.4, -0.2) is 18.1 Å². The summed E-state index contributed by atoms with van der Waals surface area (Å²) in [6, 6.07) is 15.4. The van der Waals surface area contributed by atoms with Crippen LogP contribution in [-0.2, 0) is 16.2 Å². The summed E-state index contributed by atoms with van der Waals surface area (Å²) in [5.74, 6) is 1.25. The maximum absolute atomic E-state index is 11.7. The van der Waals surface area contributed by atoms with Crippen LogP contribution >= 0.6 is 11.6 Å². The van der Waals surface area contributed by atoms with E-state index in [0.29, 0.717) is 18.1 Å². The van der Waals surface area contributed by atoms with Crippen molar-refractivity contribution in [2.75, 3.05) is 7.11 Å². The van der Waals surface area contributed by atoms with Gasteiger partial charge in [-0.05, 0) is 41.1 Å². The van der Waals surface area contributed by atoms with E-state index in [-0.39, 0.29) is 5.71 Å². The molecule has 0 aliphatic heterocycles. The number of carbonyl (C=O) groups excluding carboxylic acids is 1. The highest BCUT2D eigenvalue weighted by atomic mass is 35.5. The lowest BCUT2D eigenvalue weighted by atomic mass is 9.98. The topological polar surface area (TPSA) is 47.9 Å². The van der Waals surface area contributed by atoms with Crippen LogP contribution in [0.5, 0.6) is 5.75 Å². The number of carbonyl (C=O) groups is 1. The number of benzene rings is 2. The second-order valence-electron chi connectivity index (χ2n) is 5.69. The first-order valence-corrected chi connectivity index (χ1v) is 8.57. The molecular formula is C20H22ClNO3. The van der Waals surface area contributed by atoms with Crippen molar-refractivity contribution in [3.63, 3.8) is 0 Å². The van der Waals surface area contributed by atoms with Gasteiger partial charge in [-0.25, -0.2) is 0 Å². The molecule has 0 heterocycles. The van der Waals surface area contributed by atoms with Crippen molar-refractivity contribution in [3.8, 4) is 5.75 Å². The van der Waals surface area contributed by atoms with Gasteiger partial charge in [0.15, 0.2) is 5.71 Å². The molecule has 0 aliphatic rings. The Bertz CT molecular complexity index is 758. The van der Waals surface area contributed by atoms with E-state index in [1.165, 1.54) is 12.7 Å². The predicted octanol–water partition coefficient (Wildman–Crippen LogP) is 4.90. The molecule has 0 amide bonds. The molecule has 5 heteroatoms. The molecule has 0 aliphatic carbocycles. The molecule has 0 saturated heterocycles. The summed E-state index contributed by atoms with van der Waals surface area (Å²) in [5.41, 5.74) is 2.65. The van der Waals surface area contributed by atoms with Crippen LogP contribution in [0.3, 0.4) is 0 Å². The van der Waals surface area contributed by atoms with E-state index in [2.05, 4.69) is 25.1 Å². The summed E-state index contributed by atoms with van der Waals surface area (Å²) >= 11 is 5.64. The Kier molecular flexibility index (Phi) is 7.02. The minimum Gasteiger partial charge on any atom is -0.489 e. The van der Waals surface area contributed by atoms with Crippen molar-refractivity contribution in [2.24, 2.45) is 5.16 Å². The number of para-hydroxylation sites is 1. The zero-order valence-electron chi connectivity index (χ0n) is 14.7. The molecule has 2 aromatic carbocycles. The summed E-state index contributed by atoms with van der Waals surface area (Å²) in [6.07, 6.45) is 1.03. The zero-order valence-corrected chi connectivity index (χ0v) is 15.4. The molecule has 0 aromatic heterocycles. The standard InChI is InChI=1S/C20H22ClNO3/c1-4-14(2)16-10-7-8-12-18(16)25-13-15-9-5-6-11-17(15)19(20(21)23)22-24-3/h5-12,14H,4,13H2,1-3H3/b22-19+. The molecule has 1 atom stereocenters. The molecule has 4 nitrogen and oxygen atoms in total. The first-order chi connectivity index (χ1) is 12.1. The first-order valence-electron chi connectivity index (χ1n) is 8.19. The number of rotatable bonds is 8. The average molecular weight is 360 g/mol. The van der Waals surface area contributed by atoms with Crippen LogP contribution in [0.4, 0.5) is 0 Å². The molecule has 0 saturated carbocycles. The van der Waals surface area contributed by atoms with Crippen molar-refractivity contribution < 1.29 is 14.4 Å². The van der Waals surface area contributed by atoms with Crippen molar-refractivity contribution in [2.45, 2.75) is 32.8 Å². The van der Waals surface area contributed by atoms with Crippen molar-refractivity contribution in [1.82, 2.24) is 0 Å². The first kappa shape index (κ1) is 19.0. The minimum atomic E-state index is -0.672. The summed E-state index contributed by atoms with van der Waals surface area (Å²) < 4.78 is 6.04. The highest BCUT2D eigenvalue weighted by Gasteiger charge is 2.17.